The molecule has 4 heterocycles. The van der Waals surface area contributed by atoms with Crippen LogP contribution in [0.2, 0.25) is 0 Å². The standard InChI is InChI=1S/C21H26N2O5/c1-11-13-10-23-8-7-21(14-5-3-4-6-15(14)22-20(21)26)16(23)9-12(13)17(18(24)27-2)19(25)28-11/h3-6,11-13,16-17,19,25H,7-10H2,1-2H3,(H,22,26)/t11-,12-,13+,16-,17?,19+,21+/m0/s1. The van der Waals surface area contributed by atoms with Gasteiger partial charge in [0.2, 0.25) is 5.91 Å². The highest BCUT2D eigenvalue weighted by Gasteiger charge is 2.62. The number of hydrogen-bond donors (Lipinski definition) is 2. The molecule has 28 heavy (non-hydrogen) atoms. The topological polar surface area (TPSA) is 88.1 Å². The number of aliphatic hydroxyl groups excluding tert-OH is 1. The van der Waals surface area contributed by atoms with Crippen LogP contribution in [0.15, 0.2) is 24.3 Å². The van der Waals surface area contributed by atoms with Gasteiger partial charge in [-0.2, -0.15) is 0 Å². The van der Waals surface area contributed by atoms with E-state index >= 15 is 0 Å². The molecule has 0 radical (unpaired) electrons. The first kappa shape index (κ1) is 18.1. The molecule has 1 aromatic carbocycles. The van der Waals surface area contributed by atoms with E-state index < -0.39 is 23.6 Å². The lowest BCUT2D eigenvalue weighted by Crippen LogP contribution is -2.61. The minimum absolute atomic E-state index is 0.00190. The summed E-state index contributed by atoms with van der Waals surface area (Å²) >= 11 is 0. The van der Waals surface area contributed by atoms with Crippen LogP contribution in [-0.4, -0.2) is 60.5 Å². The van der Waals surface area contributed by atoms with Gasteiger partial charge in [0, 0.05) is 24.2 Å². The fraction of sp³-hybridized carbons (Fsp3) is 0.619. The Morgan fingerprint density at radius 2 is 2.14 bits per heavy atom. The Kier molecular flexibility index (Phi) is 4.05. The maximum Gasteiger partial charge on any atom is 0.314 e. The molecule has 1 aromatic rings. The normalized spacial score (nSPS) is 41.9. The summed E-state index contributed by atoms with van der Waals surface area (Å²) in [5.41, 5.74) is 1.36. The molecular formula is C21H26N2O5. The van der Waals surface area contributed by atoms with Crippen molar-refractivity contribution in [2.75, 3.05) is 25.5 Å². The molecule has 1 unspecified atom stereocenters. The summed E-state index contributed by atoms with van der Waals surface area (Å²) in [5.74, 6) is -1.06. The van der Waals surface area contributed by atoms with Crippen molar-refractivity contribution in [3.8, 4) is 0 Å². The second-order valence-electron chi connectivity index (χ2n) is 8.58. The van der Waals surface area contributed by atoms with Gasteiger partial charge in [0.15, 0.2) is 6.29 Å². The Labute approximate surface area is 164 Å². The van der Waals surface area contributed by atoms with Crippen molar-refractivity contribution < 1.29 is 24.2 Å². The second kappa shape index (κ2) is 6.27. The quantitative estimate of drug-likeness (QED) is 0.703. The molecule has 3 fully saturated rings. The highest BCUT2D eigenvalue weighted by molar-refractivity contribution is 6.07. The fourth-order valence-electron chi connectivity index (χ4n) is 6.23. The summed E-state index contributed by atoms with van der Waals surface area (Å²) < 4.78 is 10.7. The second-order valence-corrected chi connectivity index (χ2v) is 8.58. The van der Waals surface area contributed by atoms with Crippen molar-refractivity contribution >= 4 is 17.6 Å². The highest BCUT2D eigenvalue weighted by atomic mass is 16.6. The maximum atomic E-state index is 13.2. The van der Waals surface area contributed by atoms with Crippen LogP contribution in [0.25, 0.3) is 0 Å². The molecule has 0 bridgehead atoms. The number of ether oxygens (including phenoxy) is 2. The molecule has 7 heteroatoms. The summed E-state index contributed by atoms with van der Waals surface area (Å²) in [4.78, 5) is 28.0. The minimum Gasteiger partial charge on any atom is -0.469 e. The van der Waals surface area contributed by atoms with Crippen LogP contribution in [0.1, 0.15) is 25.3 Å². The summed E-state index contributed by atoms with van der Waals surface area (Å²) in [6.45, 7) is 3.56. The van der Waals surface area contributed by atoms with Crippen molar-refractivity contribution in [3.05, 3.63) is 29.8 Å². The summed E-state index contributed by atoms with van der Waals surface area (Å²) in [6, 6.07) is 7.91. The van der Waals surface area contributed by atoms with Crippen LogP contribution < -0.4 is 5.32 Å². The van der Waals surface area contributed by atoms with Crippen LogP contribution in [0.3, 0.4) is 0 Å². The predicted octanol–water partition coefficient (Wildman–Crippen LogP) is 1.11. The molecule has 150 valence electrons. The van der Waals surface area contributed by atoms with E-state index in [1.807, 2.05) is 31.2 Å². The van der Waals surface area contributed by atoms with Gasteiger partial charge in [0.1, 0.15) is 5.92 Å². The zero-order chi connectivity index (χ0) is 19.6. The zero-order valence-corrected chi connectivity index (χ0v) is 16.1. The van der Waals surface area contributed by atoms with Crippen LogP contribution in [0.5, 0.6) is 0 Å². The third-order valence-electron chi connectivity index (χ3n) is 7.55. The summed E-state index contributed by atoms with van der Waals surface area (Å²) in [7, 11) is 1.34. The van der Waals surface area contributed by atoms with E-state index in [1.54, 1.807) is 0 Å². The van der Waals surface area contributed by atoms with E-state index in [-0.39, 0.29) is 29.9 Å². The monoisotopic (exact) mass is 386 g/mol. The number of amides is 1. The molecule has 0 saturated carbocycles. The first-order valence-corrected chi connectivity index (χ1v) is 10.0. The number of piperidine rings is 1. The van der Waals surface area contributed by atoms with Gasteiger partial charge >= 0.3 is 5.97 Å². The van der Waals surface area contributed by atoms with Gasteiger partial charge in [-0.05, 0) is 43.9 Å². The lowest BCUT2D eigenvalue weighted by molar-refractivity contribution is -0.244. The molecule has 5 rings (SSSR count). The molecule has 3 saturated heterocycles. The SMILES string of the molecule is COC(=O)C1[C@H](O)O[C@@H](C)[C@H]2CN3CC[C@]4(C(=O)Nc5ccccc54)[C@@H]3C[C@H]12. The summed E-state index contributed by atoms with van der Waals surface area (Å²) in [5, 5.41) is 13.5. The number of carbonyl (C=O) groups is 2. The number of fused-ring (bicyclic) bond motifs is 5. The van der Waals surface area contributed by atoms with Gasteiger partial charge < -0.3 is 19.9 Å². The van der Waals surface area contributed by atoms with Crippen LogP contribution in [-0.2, 0) is 24.5 Å². The molecule has 4 aliphatic heterocycles. The molecular weight excluding hydrogens is 360 g/mol. The van der Waals surface area contributed by atoms with Gasteiger partial charge in [0.05, 0.1) is 18.6 Å². The number of aliphatic hydroxyl groups is 1. The minimum atomic E-state index is -1.17. The lowest BCUT2D eigenvalue weighted by atomic mass is 9.64. The Morgan fingerprint density at radius 1 is 1.36 bits per heavy atom. The number of methoxy groups -OCH3 is 1. The van der Waals surface area contributed by atoms with Crippen LogP contribution in [0.4, 0.5) is 5.69 Å². The van der Waals surface area contributed by atoms with E-state index in [2.05, 4.69) is 10.2 Å². The van der Waals surface area contributed by atoms with Crippen molar-refractivity contribution in [1.82, 2.24) is 4.90 Å². The third kappa shape index (κ3) is 2.27. The Morgan fingerprint density at radius 3 is 2.93 bits per heavy atom. The number of carbonyl (C=O) groups excluding carboxylic acids is 2. The Balaban J connectivity index is 1.54. The number of benzene rings is 1. The highest BCUT2D eigenvalue weighted by Crippen LogP contribution is 2.54. The van der Waals surface area contributed by atoms with Gasteiger partial charge in [-0.25, -0.2) is 0 Å². The van der Waals surface area contributed by atoms with Gasteiger partial charge in [-0.1, -0.05) is 18.2 Å². The van der Waals surface area contributed by atoms with Crippen molar-refractivity contribution in [1.29, 1.82) is 0 Å². The van der Waals surface area contributed by atoms with Crippen LogP contribution in [0, 0.1) is 17.8 Å². The number of esters is 1. The maximum absolute atomic E-state index is 13.2. The Hall–Kier alpha value is -1.96. The smallest absolute Gasteiger partial charge is 0.314 e. The van der Waals surface area contributed by atoms with E-state index in [4.69, 9.17) is 9.47 Å². The van der Waals surface area contributed by atoms with Gasteiger partial charge in [-0.15, -0.1) is 0 Å². The first-order chi connectivity index (χ1) is 13.5. The van der Waals surface area contributed by atoms with Crippen molar-refractivity contribution in [2.24, 2.45) is 17.8 Å². The molecule has 0 aromatic heterocycles. The lowest BCUT2D eigenvalue weighted by Gasteiger charge is -2.51. The molecule has 2 N–H and O–H groups in total. The number of hydrogen-bond acceptors (Lipinski definition) is 6. The zero-order valence-electron chi connectivity index (χ0n) is 16.1. The fourth-order valence-corrected chi connectivity index (χ4v) is 6.23. The number of rotatable bonds is 1. The number of nitrogens with zero attached hydrogens (tertiary/aromatic N) is 1. The first-order valence-electron chi connectivity index (χ1n) is 10.0. The van der Waals surface area contributed by atoms with Gasteiger partial charge in [0.25, 0.3) is 0 Å². The van der Waals surface area contributed by atoms with E-state index in [1.165, 1.54) is 7.11 Å². The third-order valence-corrected chi connectivity index (χ3v) is 7.55. The average Bonchev–Trinajstić information content (AvgIpc) is 3.20. The number of para-hydroxylation sites is 1. The predicted molar refractivity (Wildman–Crippen MR) is 100 cm³/mol. The molecule has 1 amide bonds. The molecule has 1 spiro atoms. The van der Waals surface area contributed by atoms with Crippen molar-refractivity contribution in [3.63, 3.8) is 0 Å². The molecule has 7 atom stereocenters. The van der Waals surface area contributed by atoms with Crippen LogP contribution >= 0.6 is 0 Å². The molecule has 4 aliphatic rings. The largest absolute Gasteiger partial charge is 0.469 e. The van der Waals surface area contributed by atoms with E-state index in [9.17, 15) is 14.7 Å². The molecule has 7 nitrogen and oxygen atoms in total. The van der Waals surface area contributed by atoms with E-state index in [0.717, 1.165) is 30.8 Å². The van der Waals surface area contributed by atoms with Crippen molar-refractivity contribution in [2.45, 2.75) is 43.6 Å². The Bertz CT molecular complexity index is 829. The average molecular weight is 386 g/mol. The summed E-state index contributed by atoms with van der Waals surface area (Å²) in [6.07, 6.45) is 0.109. The van der Waals surface area contributed by atoms with E-state index in [0.29, 0.717) is 6.42 Å². The van der Waals surface area contributed by atoms with Gasteiger partial charge in [-0.3, -0.25) is 14.5 Å². The number of nitrogens with one attached hydrogen (secondary N) is 1. The molecule has 0 aliphatic carbocycles. The number of anilines is 1.